The van der Waals surface area contributed by atoms with Crippen LogP contribution in [0.5, 0.6) is 0 Å². The van der Waals surface area contributed by atoms with Crippen molar-refractivity contribution < 1.29 is 14.5 Å². The predicted molar refractivity (Wildman–Crippen MR) is 296 cm³/mol. The van der Waals surface area contributed by atoms with E-state index < -0.39 is 10.8 Å². The molecule has 1 N–H and O–H groups in total. The number of benzene rings is 10. The summed E-state index contributed by atoms with van der Waals surface area (Å²) in [5.74, 6) is -0.0681. The van der Waals surface area contributed by atoms with Crippen LogP contribution in [0.25, 0.3) is 88.9 Å². The van der Waals surface area contributed by atoms with E-state index in [1.54, 1.807) is 0 Å². The van der Waals surface area contributed by atoms with Gasteiger partial charge in [-0.2, -0.15) is 4.58 Å². The molecular weight excluding hydrogens is 853 g/mol. The Labute approximate surface area is 408 Å². The molecule has 3 aliphatic rings. The molecule has 338 valence electrons. The number of hydrogen-bond donors (Lipinski definition) is 1. The number of aliphatic hydroxyl groups excluding tert-OH is 1. The maximum absolute atomic E-state index is 14.3. The van der Waals surface area contributed by atoms with Crippen LogP contribution in [-0.2, 0) is 15.6 Å². The molecule has 1 aliphatic carbocycles. The Hall–Kier alpha value is -8.08. The number of allylic oxidation sites excluding steroid dienone is 5. The first kappa shape index (κ1) is 42.1. The quantitative estimate of drug-likeness (QED) is 0.0715. The van der Waals surface area contributed by atoms with E-state index in [4.69, 9.17) is 0 Å². The van der Waals surface area contributed by atoms with Gasteiger partial charge in [0.1, 0.15) is 12.3 Å². The van der Waals surface area contributed by atoms with E-state index in [1.165, 1.54) is 86.9 Å². The van der Waals surface area contributed by atoms with Gasteiger partial charge >= 0.3 is 0 Å². The minimum atomic E-state index is -0.413. The summed E-state index contributed by atoms with van der Waals surface area (Å²) in [5.41, 5.74) is 11.2. The van der Waals surface area contributed by atoms with E-state index in [9.17, 15) is 9.90 Å². The second-order valence-corrected chi connectivity index (χ2v) is 20.5. The minimum Gasteiger partial charge on any atom is -0.506 e. The van der Waals surface area contributed by atoms with E-state index in [0.29, 0.717) is 11.1 Å². The number of carbonyl (C=O) groups excluding carboxylic acids is 1. The van der Waals surface area contributed by atoms with E-state index in [2.05, 4.69) is 221 Å². The molecule has 0 radical (unpaired) electrons. The van der Waals surface area contributed by atoms with Crippen LogP contribution in [0.2, 0.25) is 0 Å². The Bertz CT molecular complexity index is 4080. The number of rotatable bonds is 8. The first-order chi connectivity index (χ1) is 33.9. The topological polar surface area (TPSA) is 43.5 Å². The Morgan fingerprint density at radius 1 is 0.543 bits per heavy atom. The molecule has 0 spiro atoms. The van der Waals surface area contributed by atoms with E-state index in [0.717, 1.165) is 47.0 Å². The summed E-state index contributed by atoms with van der Waals surface area (Å²) in [6.07, 6.45) is 12.8. The van der Waals surface area contributed by atoms with Gasteiger partial charge in [-0.25, -0.2) is 0 Å². The average molecular weight is 906 g/mol. The molecule has 0 aromatic heterocycles. The van der Waals surface area contributed by atoms with Crippen molar-refractivity contribution in [3.63, 3.8) is 0 Å². The third-order valence-electron chi connectivity index (χ3n) is 16.1. The van der Waals surface area contributed by atoms with Gasteiger partial charge < -0.3 is 10.0 Å². The number of nitrogens with zero attached hydrogens (tertiary/aromatic N) is 2. The summed E-state index contributed by atoms with van der Waals surface area (Å²) in [6.45, 7) is 14.7. The molecule has 4 heteroatoms. The maximum Gasteiger partial charge on any atom is 0.209 e. The zero-order valence-corrected chi connectivity index (χ0v) is 40.5. The number of fused-ring (bicyclic) bond motifs is 2. The lowest BCUT2D eigenvalue weighted by molar-refractivity contribution is -0.433. The van der Waals surface area contributed by atoms with Gasteiger partial charge in [0.25, 0.3) is 0 Å². The normalized spacial score (nSPS) is 17.8. The van der Waals surface area contributed by atoms with Crippen LogP contribution in [0.1, 0.15) is 74.9 Å². The first-order valence-electron chi connectivity index (χ1n) is 24.8. The minimum absolute atomic E-state index is 0.0597. The Balaban J connectivity index is 0.786. The SMILES string of the molecule is CCN1/C(=C/C2=C(O)C(=C/C3=[N+](CC)c4ccc(/C=C/c5ccc6ccc7cccc8ccc5c6c78)cc4C3(C)C)/C2=O)C(C)(C)c2cc(/C=C/c3ccc4ccc5cccc6ccc3c4c56)ccc21. The van der Waals surface area contributed by atoms with Crippen LogP contribution in [0, 0.1) is 0 Å². The molecular formula is C66H53N2O2+. The highest BCUT2D eigenvalue weighted by Crippen LogP contribution is 2.50. The van der Waals surface area contributed by atoms with Crippen LogP contribution in [0.3, 0.4) is 0 Å². The smallest absolute Gasteiger partial charge is 0.209 e. The van der Waals surface area contributed by atoms with Crippen molar-refractivity contribution in [2.75, 3.05) is 18.0 Å². The van der Waals surface area contributed by atoms with E-state index in [-0.39, 0.29) is 11.5 Å². The summed E-state index contributed by atoms with van der Waals surface area (Å²) >= 11 is 0. The lowest BCUT2D eigenvalue weighted by Gasteiger charge is -2.28. The molecule has 2 aliphatic heterocycles. The predicted octanol–water partition coefficient (Wildman–Crippen LogP) is 16.2. The van der Waals surface area contributed by atoms with Crippen molar-refractivity contribution in [2.24, 2.45) is 0 Å². The lowest BCUT2D eigenvalue weighted by atomic mass is 9.77. The van der Waals surface area contributed by atoms with Crippen molar-refractivity contribution >= 4 is 112 Å². The Morgan fingerprint density at radius 2 is 1.04 bits per heavy atom. The molecule has 70 heavy (non-hydrogen) atoms. The van der Waals surface area contributed by atoms with Gasteiger partial charge in [0.05, 0.1) is 16.6 Å². The zero-order valence-electron chi connectivity index (χ0n) is 40.5. The van der Waals surface area contributed by atoms with Gasteiger partial charge in [0, 0.05) is 41.1 Å². The molecule has 0 unspecified atom stereocenters. The van der Waals surface area contributed by atoms with Crippen LogP contribution in [0.4, 0.5) is 11.4 Å². The highest BCUT2D eigenvalue weighted by atomic mass is 16.3. The van der Waals surface area contributed by atoms with E-state index >= 15 is 0 Å². The highest BCUT2D eigenvalue weighted by molar-refractivity contribution is 6.26. The number of Topliss-reactive ketones (excluding diaryl/α,β-unsaturated/α-hetero) is 1. The van der Waals surface area contributed by atoms with Crippen molar-refractivity contribution in [2.45, 2.75) is 52.4 Å². The van der Waals surface area contributed by atoms with E-state index in [1.807, 2.05) is 12.2 Å². The highest BCUT2D eigenvalue weighted by Gasteiger charge is 2.47. The second kappa shape index (κ2) is 15.2. The summed E-state index contributed by atoms with van der Waals surface area (Å²) in [7, 11) is 0. The number of ketones is 1. The number of likely N-dealkylation sites (N-methyl/N-ethyl adjacent to an activating group) is 1. The molecule has 0 saturated carbocycles. The Morgan fingerprint density at radius 3 is 1.57 bits per heavy atom. The van der Waals surface area contributed by atoms with Crippen molar-refractivity contribution in [1.82, 2.24) is 0 Å². The summed E-state index contributed by atoms with van der Waals surface area (Å²) in [4.78, 5) is 16.6. The number of aliphatic hydroxyl groups is 1. The number of anilines is 1. The zero-order chi connectivity index (χ0) is 47.8. The molecule has 13 rings (SSSR count). The molecule has 0 amide bonds. The van der Waals surface area contributed by atoms with Gasteiger partial charge in [0.2, 0.25) is 11.5 Å². The summed E-state index contributed by atoms with van der Waals surface area (Å²) < 4.78 is 2.29. The van der Waals surface area contributed by atoms with Crippen molar-refractivity contribution in [3.05, 3.63) is 214 Å². The monoisotopic (exact) mass is 905 g/mol. The van der Waals surface area contributed by atoms with Crippen LogP contribution in [-0.4, -0.2) is 34.3 Å². The lowest BCUT2D eigenvalue weighted by Crippen LogP contribution is -2.32. The summed E-state index contributed by atoms with van der Waals surface area (Å²) in [5, 5.41) is 27.2. The van der Waals surface area contributed by atoms with Gasteiger partial charge in [-0.3, -0.25) is 4.79 Å². The molecule has 0 fully saturated rings. The molecule has 4 nitrogen and oxygen atoms in total. The van der Waals surface area contributed by atoms with Crippen LogP contribution in [0.15, 0.2) is 180 Å². The summed E-state index contributed by atoms with van der Waals surface area (Å²) in [6, 6.07) is 53.3. The third kappa shape index (κ3) is 6.02. The van der Waals surface area contributed by atoms with Crippen molar-refractivity contribution in [3.8, 4) is 0 Å². The number of hydrogen-bond acceptors (Lipinski definition) is 3. The van der Waals surface area contributed by atoms with Gasteiger partial charge in [-0.15, -0.1) is 0 Å². The molecule has 0 bridgehead atoms. The largest absolute Gasteiger partial charge is 0.506 e. The standard InChI is InChI=1S/C66H52N2O2/c1-7-67-55-33-17-39(15-19-41-21-23-47-27-25-43-11-9-13-45-29-31-49(41)61(47)59(43)45)35-53(55)65(3,4)57(67)37-51-63(69)52(64(51)70)38-58-66(5,6)54-36-40(18-34-56(54)68(58)8-2)16-20-42-22-24-48-28-26-44-12-10-14-46-30-32-50(42)62(48)60(44)46/h9-38H,7-8H2,1-6H3/p+1/b19-15+,20-16+. The van der Waals surface area contributed by atoms with Gasteiger partial charge in [-0.1, -0.05) is 153 Å². The fraction of sp³-hybridized carbons (Fsp3) is 0.152. The molecule has 0 saturated heterocycles. The molecule has 2 heterocycles. The van der Waals surface area contributed by atoms with Crippen LogP contribution < -0.4 is 4.90 Å². The molecule has 10 aromatic carbocycles. The van der Waals surface area contributed by atoms with Crippen LogP contribution >= 0.6 is 0 Å². The molecule has 0 atom stereocenters. The fourth-order valence-electron chi connectivity index (χ4n) is 12.4. The third-order valence-corrected chi connectivity index (χ3v) is 16.1. The first-order valence-corrected chi connectivity index (χ1v) is 24.8. The molecule has 10 aromatic rings. The average Bonchev–Trinajstić information content (AvgIpc) is 3.73. The second-order valence-electron chi connectivity index (χ2n) is 20.5. The Kier molecular flexibility index (Phi) is 9.14. The van der Waals surface area contributed by atoms with Gasteiger partial charge in [-0.05, 0) is 150 Å². The fourth-order valence-corrected chi connectivity index (χ4v) is 12.4. The van der Waals surface area contributed by atoms with Gasteiger partial charge in [0.15, 0.2) is 5.71 Å². The van der Waals surface area contributed by atoms with Crippen molar-refractivity contribution in [1.29, 1.82) is 0 Å². The number of carbonyl (C=O) groups is 1. The maximum atomic E-state index is 14.3.